The highest BCUT2D eigenvalue weighted by molar-refractivity contribution is 6.33. The fourth-order valence-electron chi connectivity index (χ4n) is 1.64. The lowest BCUT2D eigenvalue weighted by Gasteiger charge is -2.27. The third kappa shape index (κ3) is 1.84. The number of azide groups is 1. The maximum Gasteiger partial charge on any atom is 0.267 e. The van der Waals surface area contributed by atoms with E-state index in [4.69, 9.17) is 22.7 Å². The number of amides is 1. The van der Waals surface area contributed by atoms with Crippen molar-refractivity contribution in [2.45, 2.75) is 5.66 Å². The summed E-state index contributed by atoms with van der Waals surface area (Å²) in [5.74, 6) is -1.94. The molecule has 0 unspecified atom stereocenters. The van der Waals surface area contributed by atoms with Crippen molar-refractivity contribution in [2.24, 2.45) is 10.2 Å². The van der Waals surface area contributed by atoms with Crippen LogP contribution in [0.2, 0.25) is 5.02 Å². The van der Waals surface area contributed by atoms with Crippen molar-refractivity contribution in [3.8, 4) is 0 Å². The lowest BCUT2D eigenvalue weighted by molar-refractivity contribution is -0.119. The maximum absolute atomic E-state index is 12.2. The largest absolute Gasteiger partial charge is 0.324 e. The van der Waals surface area contributed by atoms with E-state index < -0.39 is 17.4 Å². The van der Waals surface area contributed by atoms with E-state index >= 15 is 0 Å². The lowest BCUT2D eigenvalue weighted by Crippen LogP contribution is -2.49. The van der Waals surface area contributed by atoms with E-state index in [1.165, 1.54) is 18.2 Å². The van der Waals surface area contributed by atoms with Crippen LogP contribution in [-0.2, 0) is 4.79 Å². The molecule has 9 nitrogen and oxygen atoms in total. The van der Waals surface area contributed by atoms with Crippen molar-refractivity contribution in [1.82, 2.24) is 0 Å². The minimum Gasteiger partial charge on any atom is -0.324 e. The van der Waals surface area contributed by atoms with Gasteiger partial charge in [0.2, 0.25) is 0 Å². The van der Waals surface area contributed by atoms with E-state index in [1.54, 1.807) is 0 Å². The Morgan fingerprint density at radius 2 is 1.84 bits per heavy atom. The second-order valence-corrected chi connectivity index (χ2v) is 3.96. The van der Waals surface area contributed by atoms with Crippen LogP contribution in [0.4, 0.5) is 5.69 Å². The van der Waals surface area contributed by atoms with Gasteiger partial charge < -0.3 is 5.32 Å². The molecular weight excluding hydrogens is 274 g/mol. The Labute approximate surface area is 110 Å². The molecule has 0 aromatic heterocycles. The molecule has 0 fully saturated rings. The van der Waals surface area contributed by atoms with Crippen LogP contribution in [-0.4, -0.2) is 17.4 Å². The first kappa shape index (κ1) is 12.7. The van der Waals surface area contributed by atoms with Crippen molar-refractivity contribution in [2.75, 3.05) is 5.32 Å². The number of hydrogen-bond acceptors (Lipinski definition) is 4. The van der Waals surface area contributed by atoms with E-state index in [9.17, 15) is 9.59 Å². The number of rotatable bonds is 2. The Balaban J connectivity index is 2.73. The van der Waals surface area contributed by atoms with Crippen LogP contribution >= 0.6 is 11.6 Å². The Bertz CT molecular complexity index is 670. The molecule has 0 saturated heterocycles. The van der Waals surface area contributed by atoms with Gasteiger partial charge in [-0.25, -0.2) is 0 Å². The van der Waals surface area contributed by atoms with Gasteiger partial charge in [-0.05, 0) is 29.3 Å². The lowest BCUT2D eigenvalue weighted by atomic mass is 9.93. The number of anilines is 1. The number of carbonyl (C=O) groups is 2. The number of carbonyl (C=O) groups excluding carboxylic acids is 2. The van der Waals surface area contributed by atoms with Gasteiger partial charge in [0.1, 0.15) is 0 Å². The minimum absolute atomic E-state index is 0.00639. The second kappa shape index (κ2) is 4.51. The van der Waals surface area contributed by atoms with Crippen LogP contribution in [0.15, 0.2) is 28.4 Å². The van der Waals surface area contributed by atoms with Crippen LogP contribution in [0.5, 0.6) is 0 Å². The highest BCUT2D eigenvalue weighted by Gasteiger charge is 2.49. The smallest absolute Gasteiger partial charge is 0.267 e. The highest BCUT2D eigenvalue weighted by Crippen LogP contribution is 2.33. The average molecular weight is 278 g/mol. The number of nitrogens with zero attached hydrogens (tertiary/aromatic N) is 6. The molecule has 1 heterocycles. The molecule has 0 spiro atoms. The fraction of sp³-hybridized carbons (Fsp3) is 0.111. The molecule has 1 aliphatic rings. The molecule has 2 rings (SSSR count). The van der Waals surface area contributed by atoms with Gasteiger partial charge in [-0.2, -0.15) is 0 Å². The molecule has 1 amide bonds. The topological polar surface area (TPSA) is 144 Å². The Hall–Kier alpha value is -2.73. The van der Waals surface area contributed by atoms with Crippen LogP contribution in [0, 0.1) is 0 Å². The van der Waals surface area contributed by atoms with Crippen LogP contribution in [0.3, 0.4) is 0 Å². The summed E-state index contributed by atoms with van der Waals surface area (Å²) in [6.07, 6.45) is 0. The van der Waals surface area contributed by atoms with Gasteiger partial charge in [0.15, 0.2) is 5.78 Å². The van der Waals surface area contributed by atoms with E-state index in [0.717, 1.165) is 0 Å². The van der Waals surface area contributed by atoms with Gasteiger partial charge >= 0.3 is 0 Å². The van der Waals surface area contributed by atoms with Crippen molar-refractivity contribution in [3.63, 3.8) is 0 Å². The molecule has 10 heteroatoms. The number of benzene rings is 1. The maximum atomic E-state index is 12.2. The zero-order chi connectivity index (χ0) is 14.0. The molecule has 0 bridgehead atoms. The van der Waals surface area contributed by atoms with Gasteiger partial charge in [0.25, 0.3) is 11.6 Å². The SMILES string of the molecule is [N-]=[N+]=NC1(N=[N+]=[N-])C(=O)Nc2ccc(Cl)cc2C1=O. The molecule has 1 aromatic rings. The molecule has 0 atom stereocenters. The first-order chi connectivity index (χ1) is 9.05. The Morgan fingerprint density at radius 3 is 2.42 bits per heavy atom. The summed E-state index contributed by atoms with van der Waals surface area (Å²) >= 11 is 5.75. The molecule has 1 aromatic carbocycles. The van der Waals surface area contributed by atoms with Gasteiger partial charge in [-0.15, -0.1) is 0 Å². The van der Waals surface area contributed by atoms with E-state index in [1.807, 2.05) is 0 Å². The highest BCUT2D eigenvalue weighted by atomic mass is 35.5. The minimum atomic E-state index is -2.50. The monoisotopic (exact) mass is 277 g/mol. The predicted octanol–water partition coefficient (Wildman–Crippen LogP) is 2.79. The van der Waals surface area contributed by atoms with Crippen molar-refractivity contribution in [3.05, 3.63) is 49.7 Å². The van der Waals surface area contributed by atoms with E-state index in [-0.39, 0.29) is 16.3 Å². The number of ketones is 1. The number of halogens is 1. The van der Waals surface area contributed by atoms with Gasteiger partial charge in [0, 0.05) is 20.4 Å². The van der Waals surface area contributed by atoms with Crippen molar-refractivity contribution < 1.29 is 9.59 Å². The Kier molecular flexibility index (Phi) is 3.02. The standard InChI is InChI=1S/C9H4ClN7O2/c10-4-1-2-6-5(3-4)7(18)9(14-16-11,15-17-12)8(19)13-6/h1-3H,(H,13,19). The number of nitrogens with one attached hydrogen (secondary N) is 1. The molecule has 19 heavy (non-hydrogen) atoms. The molecule has 1 N–H and O–H groups in total. The summed E-state index contributed by atoms with van der Waals surface area (Å²) in [7, 11) is 0. The van der Waals surface area contributed by atoms with Crippen LogP contribution < -0.4 is 5.32 Å². The quantitative estimate of drug-likeness (QED) is 0.383. The molecular formula is C9H4ClN7O2. The van der Waals surface area contributed by atoms with Crippen molar-refractivity contribution >= 4 is 29.0 Å². The van der Waals surface area contributed by atoms with Crippen LogP contribution in [0.1, 0.15) is 10.4 Å². The van der Waals surface area contributed by atoms with Gasteiger partial charge in [-0.1, -0.05) is 21.8 Å². The third-order valence-corrected chi connectivity index (χ3v) is 2.72. The zero-order valence-corrected chi connectivity index (χ0v) is 9.87. The summed E-state index contributed by atoms with van der Waals surface area (Å²) in [6, 6.07) is 4.18. The fourth-order valence-corrected chi connectivity index (χ4v) is 1.82. The van der Waals surface area contributed by atoms with Gasteiger partial charge in [0.05, 0.1) is 5.69 Å². The first-order valence-corrected chi connectivity index (χ1v) is 5.21. The summed E-state index contributed by atoms with van der Waals surface area (Å²) in [6.45, 7) is 0. The molecule has 0 aliphatic carbocycles. The molecule has 1 aliphatic heterocycles. The average Bonchev–Trinajstić information content (AvgIpc) is 2.38. The summed E-state index contributed by atoms with van der Waals surface area (Å²) in [5.41, 5.74) is 14.6. The number of hydrogen-bond donors (Lipinski definition) is 1. The molecule has 0 radical (unpaired) electrons. The summed E-state index contributed by atoms with van der Waals surface area (Å²) in [4.78, 5) is 28.9. The second-order valence-electron chi connectivity index (χ2n) is 3.52. The van der Waals surface area contributed by atoms with Crippen molar-refractivity contribution in [1.29, 1.82) is 0 Å². The summed E-state index contributed by atoms with van der Waals surface area (Å²) in [5, 5.41) is 8.68. The predicted molar refractivity (Wildman–Crippen MR) is 65.4 cm³/mol. The van der Waals surface area contributed by atoms with E-state index in [2.05, 4.69) is 25.4 Å². The number of Topliss-reactive ketones (excluding diaryl/α,β-unsaturated/α-hetero) is 1. The third-order valence-electron chi connectivity index (χ3n) is 2.49. The van der Waals surface area contributed by atoms with Gasteiger partial charge in [-0.3, -0.25) is 9.59 Å². The normalized spacial score (nSPS) is 20.7. The van der Waals surface area contributed by atoms with E-state index in [0.29, 0.717) is 0 Å². The molecule has 0 saturated carbocycles. The first-order valence-electron chi connectivity index (χ1n) is 4.83. The summed E-state index contributed by atoms with van der Waals surface area (Å²) < 4.78 is 0. The zero-order valence-electron chi connectivity index (χ0n) is 9.11. The van der Waals surface area contributed by atoms with Crippen LogP contribution in [0.25, 0.3) is 20.9 Å². The molecule has 94 valence electrons. The number of fused-ring (bicyclic) bond motifs is 1. The Morgan fingerprint density at radius 1 is 1.21 bits per heavy atom.